The molecule has 0 aliphatic carbocycles. The van der Waals surface area contributed by atoms with Crippen LogP contribution in [-0.4, -0.2) is 27.3 Å². The first kappa shape index (κ1) is 12.6. The lowest BCUT2D eigenvalue weighted by atomic mass is 10.1. The molecule has 0 saturated heterocycles. The lowest BCUT2D eigenvalue weighted by Gasteiger charge is -2.10. The summed E-state index contributed by atoms with van der Waals surface area (Å²) in [6.07, 6.45) is 2.78. The van der Waals surface area contributed by atoms with E-state index in [2.05, 4.69) is 11.9 Å². The second kappa shape index (κ2) is 6.90. The lowest BCUT2D eigenvalue weighted by Crippen LogP contribution is -2.17. The van der Waals surface area contributed by atoms with Crippen molar-refractivity contribution in [2.45, 2.75) is 6.42 Å². The number of rotatable bonds is 7. The van der Waals surface area contributed by atoms with Crippen LogP contribution < -0.4 is 14.8 Å². The zero-order valence-electron chi connectivity index (χ0n) is 9.95. The smallest absolute Gasteiger partial charge is 0.125 e. The highest BCUT2D eigenvalue weighted by Gasteiger charge is 2.04. The molecule has 1 aromatic carbocycles. The Morgan fingerprint density at radius 1 is 1.31 bits per heavy atom. The van der Waals surface area contributed by atoms with E-state index in [0.29, 0.717) is 0 Å². The average Bonchev–Trinajstić information content (AvgIpc) is 2.34. The monoisotopic (exact) mass is 221 g/mol. The summed E-state index contributed by atoms with van der Waals surface area (Å²) in [5.74, 6) is 1.69. The van der Waals surface area contributed by atoms with E-state index in [1.807, 2.05) is 24.3 Å². The molecule has 3 nitrogen and oxygen atoms in total. The molecule has 0 spiro atoms. The topological polar surface area (TPSA) is 30.5 Å². The average molecular weight is 221 g/mol. The molecular weight excluding hydrogens is 202 g/mol. The van der Waals surface area contributed by atoms with Crippen molar-refractivity contribution in [1.29, 1.82) is 0 Å². The first-order valence-corrected chi connectivity index (χ1v) is 5.34. The molecule has 1 aromatic rings. The zero-order valence-corrected chi connectivity index (χ0v) is 9.95. The van der Waals surface area contributed by atoms with Gasteiger partial charge in [-0.2, -0.15) is 0 Å². The maximum atomic E-state index is 5.32. The van der Waals surface area contributed by atoms with Crippen LogP contribution in [0.3, 0.4) is 0 Å². The second-order valence-corrected chi connectivity index (χ2v) is 3.42. The number of hydrogen-bond donors (Lipinski definition) is 1. The summed E-state index contributed by atoms with van der Waals surface area (Å²) in [6, 6.07) is 5.89. The lowest BCUT2D eigenvalue weighted by molar-refractivity contribution is 0.391. The molecule has 16 heavy (non-hydrogen) atoms. The van der Waals surface area contributed by atoms with E-state index < -0.39 is 0 Å². The Hall–Kier alpha value is -1.48. The third-order valence-corrected chi connectivity index (χ3v) is 2.35. The van der Waals surface area contributed by atoms with Crippen LogP contribution in [0.2, 0.25) is 0 Å². The molecule has 0 bridgehead atoms. The van der Waals surface area contributed by atoms with Gasteiger partial charge in [-0.1, -0.05) is 12.1 Å². The quantitative estimate of drug-likeness (QED) is 0.564. The third-order valence-electron chi connectivity index (χ3n) is 2.35. The molecule has 0 aromatic heterocycles. The third kappa shape index (κ3) is 3.59. The van der Waals surface area contributed by atoms with Crippen molar-refractivity contribution in [2.75, 3.05) is 27.3 Å². The standard InChI is InChI=1S/C13H19NO2/c1-4-8-14-9-7-11-5-6-12(15-2)10-13(11)16-3/h4-6,10,14H,1,7-9H2,2-3H3. The van der Waals surface area contributed by atoms with Gasteiger partial charge in [0, 0.05) is 12.6 Å². The zero-order chi connectivity index (χ0) is 11.8. The Balaban J connectivity index is 2.60. The minimum absolute atomic E-state index is 0.819. The highest BCUT2D eigenvalue weighted by Crippen LogP contribution is 2.24. The highest BCUT2D eigenvalue weighted by atomic mass is 16.5. The molecule has 0 atom stereocenters. The second-order valence-electron chi connectivity index (χ2n) is 3.42. The fourth-order valence-electron chi connectivity index (χ4n) is 1.49. The van der Waals surface area contributed by atoms with E-state index in [-0.39, 0.29) is 0 Å². The summed E-state index contributed by atoms with van der Waals surface area (Å²) in [5.41, 5.74) is 1.18. The molecule has 3 heteroatoms. The fraction of sp³-hybridized carbons (Fsp3) is 0.385. The number of benzene rings is 1. The van der Waals surface area contributed by atoms with Crippen LogP contribution in [0.15, 0.2) is 30.9 Å². The molecule has 0 amide bonds. The molecule has 88 valence electrons. The fourth-order valence-corrected chi connectivity index (χ4v) is 1.49. The van der Waals surface area contributed by atoms with Gasteiger partial charge in [0.1, 0.15) is 11.5 Å². The van der Waals surface area contributed by atoms with Gasteiger partial charge in [-0.15, -0.1) is 6.58 Å². The van der Waals surface area contributed by atoms with Crippen molar-refractivity contribution in [2.24, 2.45) is 0 Å². The molecule has 0 aliphatic rings. The van der Waals surface area contributed by atoms with Gasteiger partial charge in [-0.25, -0.2) is 0 Å². The van der Waals surface area contributed by atoms with Crippen LogP contribution in [-0.2, 0) is 6.42 Å². The Labute approximate surface area is 97.1 Å². The van der Waals surface area contributed by atoms with Gasteiger partial charge in [-0.3, -0.25) is 0 Å². The van der Waals surface area contributed by atoms with Crippen LogP contribution in [0.4, 0.5) is 0 Å². The van der Waals surface area contributed by atoms with Gasteiger partial charge >= 0.3 is 0 Å². The number of hydrogen-bond acceptors (Lipinski definition) is 3. The molecule has 0 saturated carbocycles. The van der Waals surface area contributed by atoms with Crippen molar-refractivity contribution in [1.82, 2.24) is 5.32 Å². The van der Waals surface area contributed by atoms with Gasteiger partial charge in [0.05, 0.1) is 14.2 Å². The summed E-state index contributed by atoms with van der Waals surface area (Å²) in [4.78, 5) is 0. The summed E-state index contributed by atoms with van der Waals surface area (Å²) in [7, 11) is 3.33. The minimum atomic E-state index is 0.819. The first-order chi connectivity index (χ1) is 7.81. The van der Waals surface area contributed by atoms with Gasteiger partial charge in [0.2, 0.25) is 0 Å². The Bertz CT molecular complexity index is 337. The van der Waals surface area contributed by atoms with Crippen LogP contribution in [0, 0.1) is 0 Å². The minimum Gasteiger partial charge on any atom is -0.497 e. The van der Waals surface area contributed by atoms with E-state index >= 15 is 0 Å². The predicted molar refractivity (Wildman–Crippen MR) is 66.3 cm³/mol. The van der Waals surface area contributed by atoms with Gasteiger partial charge in [0.25, 0.3) is 0 Å². The van der Waals surface area contributed by atoms with Crippen molar-refractivity contribution < 1.29 is 9.47 Å². The van der Waals surface area contributed by atoms with Gasteiger partial charge in [-0.05, 0) is 24.6 Å². The summed E-state index contributed by atoms with van der Waals surface area (Å²) in [5, 5.41) is 3.26. The molecular formula is C13H19NO2. The number of nitrogens with one attached hydrogen (secondary N) is 1. The van der Waals surface area contributed by atoms with E-state index in [4.69, 9.17) is 9.47 Å². The van der Waals surface area contributed by atoms with Gasteiger partial charge in [0.15, 0.2) is 0 Å². The highest BCUT2D eigenvalue weighted by molar-refractivity contribution is 5.40. The number of ether oxygens (including phenoxy) is 2. The van der Waals surface area contributed by atoms with Crippen molar-refractivity contribution >= 4 is 0 Å². The van der Waals surface area contributed by atoms with Crippen LogP contribution in [0.5, 0.6) is 11.5 Å². The molecule has 0 aliphatic heterocycles. The Morgan fingerprint density at radius 3 is 2.75 bits per heavy atom. The van der Waals surface area contributed by atoms with E-state index in [1.165, 1.54) is 5.56 Å². The largest absolute Gasteiger partial charge is 0.497 e. The molecule has 0 fully saturated rings. The van der Waals surface area contributed by atoms with Crippen LogP contribution in [0.1, 0.15) is 5.56 Å². The number of methoxy groups -OCH3 is 2. The molecule has 0 heterocycles. The first-order valence-electron chi connectivity index (χ1n) is 5.34. The van der Waals surface area contributed by atoms with Gasteiger partial charge < -0.3 is 14.8 Å². The van der Waals surface area contributed by atoms with Crippen molar-refractivity contribution in [3.8, 4) is 11.5 Å². The Morgan fingerprint density at radius 2 is 2.12 bits per heavy atom. The molecule has 0 unspecified atom stereocenters. The SMILES string of the molecule is C=CCNCCc1ccc(OC)cc1OC. The summed E-state index contributed by atoms with van der Waals surface area (Å²) < 4.78 is 10.5. The van der Waals surface area contributed by atoms with E-state index in [0.717, 1.165) is 31.0 Å². The Kier molecular flexibility index (Phi) is 5.43. The molecule has 0 radical (unpaired) electrons. The van der Waals surface area contributed by atoms with Crippen LogP contribution in [0.25, 0.3) is 0 Å². The maximum absolute atomic E-state index is 5.32. The van der Waals surface area contributed by atoms with Crippen LogP contribution >= 0.6 is 0 Å². The molecule has 1 N–H and O–H groups in total. The maximum Gasteiger partial charge on any atom is 0.125 e. The predicted octanol–water partition coefficient (Wildman–Crippen LogP) is 2.02. The molecule has 1 rings (SSSR count). The van der Waals surface area contributed by atoms with Crippen molar-refractivity contribution in [3.05, 3.63) is 36.4 Å². The normalized spacial score (nSPS) is 9.88. The summed E-state index contributed by atoms with van der Waals surface area (Å²) >= 11 is 0. The van der Waals surface area contributed by atoms with E-state index in [1.54, 1.807) is 14.2 Å². The van der Waals surface area contributed by atoms with Crippen molar-refractivity contribution in [3.63, 3.8) is 0 Å². The van der Waals surface area contributed by atoms with E-state index in [9.17, 15) is 0 Å². The summed E-state index contributed by atoms with van der Waals surface area (Å²) in [6.45, 7) is 5.40.